The molecule has 30 heavy (non-hydrogen) atoms. The van der Waals surface area contributed by atoms with Crippen LogP contribution in [0.15, 0.2) is 15.7 Å². The maximum atomic E-state index is 13.5. The summed E-state index contributed by atoms with van der Waals surface area (Å²) in [6.07, 6.45) is 4.85. The van der Waals surface area contributed by atoms with Crippen LogP contribution in [0.3, 0.4) is 0 Å². The number of likely N-dealkylation sites (tertiary alicyclic amines) is 1. The van der Waals surface area contributed by atoms with Crippen LogP contribution in [0.4, 0.5) is 0 Å². The number of fused-ring (bicyclic) bond motifs is 2. The minimum atomic E-state index is -0.536. The Morgan fingerprint density at radius 3 is 2.67 bits per heavy atom. The highest BCUT2D eigenvalue weighted by atomic mass is 35.5. The Morgan fingerprint density at radius 2 is 2.00 bits per heavy atom. The van der Waals surface area contributed by atoms with E-state index in [1.165, 1.54) is 4.57 Å². The number of aryl methyl sites for hydroxylation is 1. The topological polar surface area (TPSA) is 114 Å². The zero-order chi connectivity index (χ0) is 20.3. The van der Waals surface area contributed by atoms with E-state index in [1.807, 2.05) is 11.8 Å². The number of nitrogens with zero attached hydrogens (tertiary/aromatic N) is 3. The highest BCUT2D eigenvalue weighted by Gasteiger charge is 2.43. The lowest BCUT2D eigenvalue weighted by atomic mass is 9.98. The zero-order valence-corrected chi connectivity index (χ0v) is 17.9. The summed E-state index contributed by atoms with van der Waals surface area (Å²) in [7, 11) is 0. The third-order valence-corrected chi connectivity index (χ3v) is 6.84. The zero-order valence-electron chi connectivity index (χ0n) is 17.1. The number of pyridine rings is 1. The van der Waals surface area contributed by atoms with Crippen molar-refractivity contribution in [1.29, 1.82) is 0 Å². The van der Waals surface area contributed by atoms with Gasteiger partial charge < -0.3 is 10.6 Å². The van der Waals surface area contributed by atoms with Crippen LogP contribution in [0.5, 0.6) is 0 Å². The first kappa shape index (κ1) is 21.1. The SMILES string of the molecule is CCCn1c(=O)[nH]c(=O)c2c(C(=O)N3CC4CCC(N)C4C3)cc(C3CC3)nc21.Cl. The summed E-state index contributed by atoms with van der Waals surface area (Å²) in [6.45, 7) is 3.74. The number of hydrogen-bond donors (Lipinski definition) is 2. The van der Waals surface area contributed by atoms with Crippen molar-refractivity contribution in [3.8, 4) is 0 Å². The molecule has 9 heteroatoms. The number of nitrogens with two attached hydrogens (primary N) is 1. The normalized spacial score (nSPS) is 25.4. The van der Waals surface area contributed by atoms with Crippen LogP contribution in [0.2, 0.25) is 0 Å². The van der Waals surface area contributed by atoms with Gasteiger partial charge in [0.05, 0.1) is 10.9 Å². The fraction of sp³-hybridized carbons (Fsp3) is 0.619. The van der Waals surface area contributed by atoms with E-state index in [1.54, 1.807) is 6.07 Å². The van der Waals surface area contributed by atoms with Gasteiger partial charge in [0, 0.05) is 37.3 Å². The summed E-state index contributed by atoms with van der Waals surface area (Å²) in [6, 6.07) is 1.93. The molecule has 0 aromatic carbocycles. The van der Waals surface area contributed by atoms with Gasteiger partial charge in [-0.3, -0.25) is 19.1 Å². The fourth-order valence-electron chi connectivity index (χ4n) is 5.13. The van der Waals surface area contributed by atoms with Crippen molar-refractivity contribution in [2.24, 2.45) is 17.6 Å². The molecule has 3 aliphatic rings. The summed E-state index contributed by atoms with van der Waals surface area (Å²) in [5.41, 5.74) is 6.75. The number of hydrogen-bond acceptors (Lipinski definition) is 5. The third-order valence-electron chi connectivity index (χ3n) is 6.84. The monoisotopic (exact) mass is 433 g/mol. The van der Waals surface area contributed by atoms with E-state index >= 15 is 0 Å². The van der Waals surface area contributed by atoms with Gasteiger partial charge in [-0.15, -0.1) is 12.4 Å². The van der Waals surface area contributed by atoms with E-state index < -0.39 is 11.2 Å². The number of nitrogens with one attached hydrogen (secondary N) is 1. The first-order valence-electron chi connectivity index (χ1n) is 10.7. The first-order chi connectivity index (χ1) is 14.0. The van der Waals surface area contributed by atoms with Crippen molar-refractivity contribution in [3.05, 3.63) is 38.2 Å². The highest BCUT2D eigenvalue weighted by molar-refractivity contribution is 6.05. The summed E-state index contributed by atoms with van der Waals surface area (Å²) in [5, 5.41) is 0.230. The molecule has 162 valence electrons. The van der Waals surface area contributed by atoms with Gasteiger partial charge in [-0.1, -0.05) is 6.92 Å². The Morgan fingerprint density at radius 1 is 1.23 bits per heavy atom. The molecule has 2 aliphatic carbocycles. The van der Waals surface area contributed by atoms with Gasteiger partial charge in [0.25, 0.3) is 11.5 Å². The van der Waals surface area contributed by atoms with Gasteiger partial charge in [-0.25, -0.2) is 9.78 Å². The Labute approximate surface area is 180 Å². The summed E-state index contributed by atoms with van der Waals surface area (Å²) < 4.78 is 1.49. The van der Waals surface area contributed by atoms with E-state index in [-0.39, 0.29) is 29.7 Å². The molecule has 2 aromatic heterocycles. The van der Waals surface area contributed by atoms with Crippen LogP contribution >= 0.6 is 12.4 Å². The van der Waals surface area contributed by atoms with Crippen molar-refractivity contribution in [2.45, 2.75) is 57.5 Å². The summed E-state index contributed by atoms with van der Waals surface area (Å²) in [4.78, 5) is 47.6. The van der Waals surface area contributed by atoms with Crippen LogP contribution in [-0.4, -0.2) is 44.5 Å². The van der Waals surface area contributed by atoms with E-state index in [4.69, 9.17) is 5.73 Å². The molecule has 5 rings (SSSR count). The van der Waals surface area contributed by atoms with Crippen molar-refractivity contribution in [3.63, 3.8) is 0 Å². The summed E-state index contributed by atoms with van der Waals surface area (Å²) >= 11 is 0. The van der Waals surface area contributed by atoms with E-state index in [0.29, 0.717) is 48.6 Å². The van der Waals surface area contributed by atoms with Crippen molar-refractivity contribution in [1.82, 2.24) is 19.4 Å². The maximum Gasteiger partial charge on any atom is 0.329 e. The Hall–Kier alpha value is -2.19. The molecule has 0 radical (unpaired) electrons. The lowest BCUT2D eigenvalue weighted by molar-refractivity contribution is 0.0781. The number of H-pyrrole nitrogens is 1. The van der Waals surface area contributed by atoms with Gasteiger partial charge in [-0.2, -0.15) is 0 Å². The fourth-order valence-corrected chi connectivity index (χ4v) is 5.13. The molecule has 3 unspecified atom stereocenters. The Bertz CT molecular complexity index is 1110. The van der Waals surface area contributed by atoms with Gasteiger partial charge >= 0.3 is 5.69 Å². The van der Waals surface area contributed by atoms with Crippen molar-refractivity contribution in [2.75, 3.05) is 13.1 Å². The molecule has 2 aromatic rings. The number of carbonyl (C=O) groups is 1. The number of halogens is 1. The predicted molar refractivity (Wildman–Crippen MR) is 116 cm³/mol. The number of rotatable bonds is 4. The molecule has 1 amide bonds. The van der Waals surface area contributed by atoms with E-state index in [0.717, 1.165) is 37.8 Å². The minimum absolute atomic E-state index is 0. The molecule has 1 saturated heterocycles. The molecule has 3 fully saturated rings. The largest absolute Gasteiger partial charge is 0.338 e. The second-order valence-electron chi connectivity index (χ2n) is 8.85. The average Bonchev–Trinajstić information content (AvgIpc) is 3.38. The second-order valence-corrected chi connectivity index (χ2v) is 8.85. The third kappa shape index (κ3) is 3.36. The van der Waals surface area contributed by atoms with Crippen molar-refractivity contribution < 1.29 is 4.79 Å². The summed E-state index contributed by atoms with van der Waals surface area (Å²) in [5.74, 6) is 0.947. The Balaban J connectivity index is 0.00000218. The highest BCUT2D eigenvalue weighted by Crippen LogP contribution is 2.41. The molecule has 2 saturated carbocycles. The maximum absolute atomic E-state index is 13.5. The number of carbonyl (C=O) groups excluding carboxylic acids is 1. The van der Waals surface area contributed by atoms with Crippen LogP contribution in [-0.2, 0) is 6.54 Å². The minimum Gasteiger partial charge on any atom is -0.338 e. The quantitative estimate of drug-likeness (QED) is 0.760. The van der Waals surface area contributed by atoms with Gasteiger partial charge in [-0.05, 0) is 50.0 Å². The van der Waals surface area contributed by atoms with E-state index in [9.17, 15) is 14.4 Å². The smallest absolute Gasteiger partial charge is 0.329 e. The standard InChI is InChI=1S/C21H27N5O3.ClH/c1-2-7-26-18-17(19(27)24-21(26)29)13(8-16(23-18)11-3-4-11)20(28)25-9-12-5-6-15(22)14(12)10-25;/h8,11-12,14-15H,2-7,9-10,22H2,1H3,(H,24,27,29);1H. The van der Waals surface area contributed by atoms with Crippen LogP contribution in [0.1, 0.15) is 61.0 Å². The second kappa shape index (κ2) is 7.81. The van der Waals surface area contributed by atoms with Gasteiger partial charge in [0.2, 0.25) is 0 Å². The number of aromatic amines is 1. The molecule has 0 spiro atoms. The molecule has 3 N–H and O–H groups in total. The first-order valence-corrected chi connectivity index (χ1v) is 10.7. The van der Waals surface area contributed by atoms with Gasteiger partial charge in [0.1, 0.15) is 0 Å². The molecule has 0 bridgehead atoms. The molecule has 8 nitrogen and oxygen atoms in total. The number of aromatic nitrogens is 3. The van der Waals surface area contributed by atoms with E-state index in [2.05, 4.69) is 9.97 Å². The lowest BCUT2D eigenvalue weighted by Crippen LogP contribution is -2.36. The molecular weight excluding hydrogens is 406 g/mol. The van der Waals surface area contributed by atoms with Crippen LogP contribution in [0, 0.1) is 11.8 Å². The molecule has 1 aliphatic heterocycles. The Kier molecular flexibility index (Phi) is 5.48. The number of amides is 1. The molecule has 3 heterocycles. The lowest BCUT2D eigenvalue weighted by Gasteiger charge is -2.20. The van der Waals surface area contributed by atoms with Gasteiger partial charge in [0.15, 0.2) is 5.65 Å². The molecule has 3 atom stereocenters. The van der Waals surface area contributed by atoms with Crippen LogP contribution < -0.4 is 17.0 Å². The average molecular weight is 434 g/mol. The van der Waals surface area contributed by atoms with Crippen LogP contribution in [0.25, 0.3) is 11.0 Å². The predicted octanol–water partition coefficient (Wildman–Crippen LogP) is 1.60. The van der Waals surface area contributed by atoms with Crippen molar-refractivity contribution >= 4 is 29.3 Å². The molecular formula is C21H28ClN5O3.